The molecule has 0 aromatic carbocycles. The summed E-state index contributed by atoms with van der Waals surface area (Å²) in [6.45, 7) is 4.66. The van der Waals surface area contributed by atoms with E-state index >= 15 is 0 Å². The van der Waals surface area contributed by atoms with Crippen LogP contribution in [0.2, 0.25) is 0 Å². The van der Waals surface area contributed by atoms with Crippen LogP contribution in [-0.2, 0) is 18.4 Å². The Morgan fingerprint density at radius 2 is 1.14 bits per heavy atom. The van der Waals surface area contributed by atoms with E-state index in [9.17, 15) is 19.4 Å². The SMILES string of the molecule is CCCCCCCC/C=C\C/C=C\CCC(=O)NC(COP(=O)([O-])OCC[N+](C)(C)C)C(O)CCCCCCCCCCCCCCCCCC. The van der Waals surface area contributed by atoms with Crippen LogP contribution in [-0.4, -0.2) is 68.5 Å². The third-order valence-corrected chi connectivity index (χ3v) is 10.4. The average molecular weight is 743 g/mol. The molecule has 0 aromatic rings. The smallest absolute Gasteiger partial charge is 0.268 e. The molecule has 0 aliphatic rings. The van der Waals surface area contributed by atoms with Crippen molar-refractivity contribution in [2.75, 3.05) is 40.9 Å². The summed E-state index contributed by atoms with van der Waals surface area (Å²) in [7, 11) is 1.27. The number of aliphatic hydroxyl groups is 1. The van der Waals surface area contributed by atoms with Gasteiger partial charge in [-0.3, -0.25) is 9.36 Å². The molecule has 0 saturated heterocycles. The van der Waals surface area contributed by atoms with E-state index in [2.05, 4.69) is 37.4 Å². The van der Waals surface area contributed by atoms with Crippen LogP contribution in [0.25, 0.3) is 0 Å². The topological polar surface area (TPSA) is 108 Å². The maximum atomic E-state index is 12.8. The van der Waals surface area contributed by atoms with Crippen molar-refractivity contribution in [1.29, 1.82) is 0 Å². The zero-order chi connectivity index (χ0) is 37.9. The van der Waals surface area contributed by atoms with Crippen LogP contribution in [0.4, 0.5) is 0 Å². The second-order valence-corrected chi connectivity index (χ2v) is 17.1. The summed E-state index contributed by atoms with van der Waals surface area (Å²) in [6.07, 6.45) is 39.1. The van der Waals surface area contributed by atoms with E-state index in [0.29, 0.717) is 23.9 Å². The third-order valence-electron chi connectivity index (χ3n) is 9.46. The molecule has 0 aromatic heterocycles. The van der Waals surface area contributed by atoms with Gasteiger partial charge in [-0.15, -0.1) is 0 Å². The molecular formula is C42H83N2O6P. The van der Waals surface area contributed by atoms with E-state index in [1.807, 2.05) is 27.2 Å². The number of quaternary nitrogens is 1. The molecule has 0 saturated carbocycles. The number of nitrogens with zero attached hydrogens (tertiary/aromatic N) is 1. The second kappa shape index (κ2) is 34.7. The largest absolute Gasteiger partial charge is 0.756 e. The summed E-state index contributed by atoms with van der Waals surface area (Å²) in [5.74, 6) is -0.232. The van der Waals surface area contributed by atoms with Crippen molar-refractivity contribution in [1.82, 2.24) is 5.32 Å². The highest BCUT2D eigenvalue weighted by molar-refractivity contribution is 7.45. The predicted molar refractivity (Wildman–Crippen MR) is 215 cm³/mol. The standard InChI is InChI=1S/C42H83N2O6P/c1-6-8-10-12-14-16-18-20-21-22-24-25-27-29-31-33-35-41(45)40(39-50-51(47,48)49-38-37-44(3,4)5)43-42(46)36-34-32-30-28-26-23-19-17-15-13-11-9-7-2/h23,26,30,32,40-41,45H,6-22,24-25,27-29,31,33-39H2,1-5H3,(H-,43,46,47,48)/b26-23-,32-30-. The van der Waals surface area contributed by atoms with Gasteiger partial charge in [-0.05, 0) is 32.1 Å². The first kappa shape index (κ1) is 50.0. The first-order chi connectivity index (χ1) is 24.5. The van der Waals surface area contributed by atoms with Crippen LogP contribution in [0.1, 0.15) is 187 Å². The third kappa shape index (κ3) is 37.1. The lowest BCUT2D eigenvalue weighted by molar-refractivity contribution is -0.870. The van der Waals surface area contributed by atoms with Gasteiger partial charge < -0.3 is 28.8 Å². The Morgan fingerprint density at radius 1 is 0.686 bits per heavy atom. The van der Waals surface area contributed by atoms with Crippen LogP contribution in [0.5, 0.6) is 0 Å². The molecule has 302 valence electrons. The number of hydrogen-bond acceptors (Lipinski definition) is 6. The molecule has 2 N–H and O–H groups in total. The van der Waals surface area contributed by atoms with Gasteiger partial charge in [0.25, 0.3) is 7.82 Å². The number of rotatable bonds is 38. The first-order valence-corrected chi connectivity index (χ1v) is 22.6. The molecule has 0 radical (unpaired) electrons. The Balaban J connectivity index is 4.47. The highest BCUT2D eigenvalue weighted by atomic mass is 31.2. The molecule has 1 amide bonds. The Bertz CT molecular complexity index is 891. The summed E-state index contributed by atoms with van der Waals surface area (Å²) in [6, 6.07) is -0.827. The lowest BCUT2D eigenvalue weighted by Gasteiger charge is -2.30. The lowest BCUT2D eigenvalue weighted by atomic mass is 10.0. The van der Waals surface area contributed by atoms with Gasteiger partial charge in [0, 0.05) is 6.42 Å². The number of phosphoric ester groups is 1. The quantitative estimate of drug-likeness (QED) is 0.0282. The zero-order valence-corrected chi connectivity index (χ0v) is 35.0. The first-order valence-electron chi connectivity index (χ1n) is 21.2. The van der Waals surface area contributed by atoms with Gasteiger partial charge in [-0.2, -0.15) is 0 Å². The Kier molecular flexibility index (Phi) is 34.0. The number of hydrogen-bond donors (Lipinski definition) is 2. The number of allylic oxidation sites excluding steroid dienone is 4. The summed E-state index contributed by atoms with van der Waals surface area (Å²) in [5, 5.41) is 13.8. The number of phosphoric acid groups is 1. The lowest BCUT2D eigenvalue weighted by Crippen LogP contribution is -2.46. The normalized spacial score (nSPS) is 14.7. The minimum Gasteiger partial charge on any atom is -0.756 e. The number of nitrogens with one attached hydrogen (secondary N) is 1. The fraction of sp³-hybridized carbons (Fsp3) is 0.881. The molecule has 3 atom stereocenters. The van der Waals surface area contributed by atoms with Gasteiger partial charge in [-0.1, -0.05) is 173 Å². The van der Waals surface area contributed by atoms with Crippen molar-refractivity contribution in [2.45, 2.75) is 199 Å². The van der Waals surface area contributed by atoms with Gasteiger partial charge in [-0.25, -0.2) is 0 Å². The van der Waals surface area contributed by atoms with Crippen LogP contribution in [0, 0.1) is 0 Å². The summed E-state index contributed by atoms with van der Waals surface area (Å²) >= 11 is 0. The fourth-order valence-corrected chi connectivity index (χ4v) is 6.75. The fourth-order valence-electron chi connectivity index (χ4n) is 6.03. The molecular weight excluding hydrogens is 659 g/mol. The van der Waals surface area contributed by atoms with E-state index in [-0.39, 0.29) is 25.5 Å². The van der Waals surface area contributed by atoms with Crippen molar-refractivity contribution < 1.29 is 32.9 Å². The second-order valence-electron chi connectivity index (χ2n) is 15.7. The number of likely N-dealkylation sites (N-methyl/N-ethyl adjacent to an activating group) is 1. The van der Waals surface area contributed by atoms with Gasteiger partial charge in [0.05, 0.1) is 39.9 Å². The van der Waals surface area contributed by atoms with E-state index in [1.165, 1.54) is 122 Å². The molecule has 0 fully saturated rings. The number of carbonyl (C=O) groups excluding carboxylic acids is 1. The minimum atomic E-state index is -4.57. The zero-order valence-electron chi connectivity index (χ0n) is 34.1. The van der Waals surface area contributed by atoms with Crippen molar-refractivity contribution >= 4 is 13.7 Å². The Hall–Kier alpha value is -1.02. The molecule has 8 nitrogen and oxygen atoms in total. The van der Waals surface area contributed by atoms with Crippen molar-refractivity contribution in [3.05, 3.63) is 24.3 Å². The van der Waals surface area contributed by atoms with Gasteiger partial charge in [0.15, 0.2) is 0 Å². The molecule has 0 heterocycles. The van der Waals surface area contributed by atoms with Crippen LogP contribution < -0.4 is 10.2 Å². The Labute approximate surface area is 315 Å². The van der Waals surface area contributed by atoms with E-state index in [4.69, 9.17) is 9.05 Å². The number of carbonyl (C=O) groups is 1. The molecule has 9 heteroatoms. The van der Waals surface area contributed by atoms with E-state index in [1.54, 1.807) is 0 Å². The maximum absolute atomic E-state index is 12.8. The highest BCUT2D eigenvalue weighted by Gasteiger charge is 2.24. The van der Waals surface area contributed by atoms with Crippen molar-refractivity contribution in [2.24, 2.45) is 0 Å². The minimum absolute atomic E-state index is 0.00359. The molecule has 3 unspecified atom stereocenters. The summed E-state index contributed by atoms with van der Waals surface area (Å²) in [5.41, 5.74) is 0. The van der Waals surface area contributed by atoms with Gasteiger partial charge in [0.2, 0.25) is 5.91 Å². The molecule has 0 bridgehead atoms. The predicted octanol–water partition coefficient (Wildman–Crippen LogP) is 10.7. The van der Waals surface area contributed by atoms with E-state index in [0.717, 1.165) is 32.1 Å². The van der Waals surface area contributed by atoms with Crippen LogP contribution in [0.3, 0.4) is 0 Å². The van der Waals surface area contributed by atoms with Gasteiger partial charge in [0.1, 0.15) is 13.2 Å². The maximum Gasteiger partial charge on any atom is 0.268 e. The Morgan fingerprint density at radius 3 is 1.63 bits per heavy atom. The molecule has 0 aliphatic carbocycles. The number of amides is 1. The average Bonchev–Trinajstić information content (AvgIpc) is 3.07. The van der Waals surface area contributed by atoms with E-state index < -0.39 is 20.0 Å². The number of aliphatic hydroxyl groups excluding tert-OH is 1. The molecule has 0 spiro atoms. The van der Waals surface area contributed by atoms with Crippen molar-refractivity contribution in [3.63, 3.8) is 0 Å². The monoisotopic (exact) mass is 743 g/mol. The molecule has 51 heavy (non-hydrogen) atoms. The summed E-state index contributed by atoms with van der Waals surface area (Å²) < 4.78 is 23.2. The number of unbranched alkanes of at least 4 members (excludes halogenated alkanes) is 21. The van der Waals surface area contributed by atoms with Crippen molar-refractivity contribution in [3.8, 4) is 0 Å². The van der Waals surface area contributed by atoms with Crippen LogP contribution in [0.15, 0.2) is 24.3 Å². The molecule has 0 rings (SSSR count). The summed E-state index contributed by atoms with van der Waals surface area (Å²) in [4.78, 5) is 25.2. The van der Waals surface area contributed by atoms with Crippen LogP contribution >= 0.6 is 7.82 Å². The highest BCUT2D eigenvalue weighted by Crippen LogP contribution is 2.38. The van der Waals surface area contributed by atoms with Gasteiger partial charge >= 0.3 is 0 Å². The molecule has 0 aliphatic heterocycles.